The first-order valence-electron chi connectivity index (χ1n) is 11.0. The Bertz CT molecular complexity index is 1360. The molecule has 2 aliphatic rings. The van der Waals surface area contributed by atoms with Gasteiger partial charge in [0.1, 0.15) is 0 Å². The van der Waals surface area contributed by atoms with Crippen molar-refractivity contribution in [3.8, 4) is 22.6 Å². The number of benzodiazepines with no additional fused rings is 1. The van der Waals surface area contributed by atoms with Gasteiger partial charge in [0.25, 0.3) is 5.91 Å². The maximum atomic E-state index is 13.5. The second-order valence-electron chi connectivity index (χ2n) is 8.40. The van der Waals surface area contributed by atoms with Gasteiger partial charge in [0.2, 0.25) is 18.9 Å². The first-order chi connectivity index (χ1) is 16.9. The number of benzene rings is 3. The fourth-order valence-corrected chi connectivity index (χ4v) is 3.95. The summed E-state index contributed by atoms with van der Waals surface area (Å²) in [5.41, 5.74) is 3.47. The quantitative estimate of drug-likeness (QED) is 0.580. The number of nitrogens with zero attached hydrogens (tertiary/aromatic N) is 1. The van der Waals surface area contributed by atoms with Crippen molar-refractivity contribution in [2.24, 2.45) is 10.9 Å². The number of halogens is 2. The fourth-order valence-electron chi connectivity index (χ4n) is 3.95. The number of carbonyl (C=O) groups excluding carboxylic acids is 2. The molecule has 0 radical (unpaired) electrons. The van der Waals surface area contributed by atoms with Gasteiger partial charge in [-0.05, 0) is 53.4 Å². The number of hydrogen-bond donors (Lipinski definition) is 2. The van der Waals surface area contributed by atoms with Gasteiger partial charge < -0.3 is 20.1 Å². The van der Waals surface area contributed by atoms with Gasteiger partial charge >= 0.3 is 0 Å². The third-order valence-electron chi connectivity index (χ3n) is 5.88. The van der Waals surface area contributed by atoms with E-state index in [1.54, 1.807) is 6.92 Å². The van der Waals surface area contributed by atoms with E-state index < -0.39 is 35.5 Å². The Kier molecular flexibility index (Phi) is 5.90. The van der Waals surface area contributed by atoms with Crippen LogP contribution in [0.25, 0.3) is 11.1 Å². The summed E-state index contributed by atoms with van der Waals surface area (Å²) in [6.45, 7) is 1.82. The van der Waals surface area contributed by atoms with Crippen molar-refractivity contribution in [3.63, 3.8) is 0 Å². The van der Waals surface area contributed by atoms with E-state index >= 15 is 0 Å². The zero-order chi connectivity index (χ0) is 24.5. The molecule has 2 atom stereocenters. The maximum absolute atomic E-state index is 13.5. The summed E-state index contributed by atoms with van der Waals surface area (Å²) >= 11 is 0. The Labute approximate surface area is 199 Å². The van der Waals surface area contributed by atoms with Crippen LogP contribution in [0.3, 0.4) is 0 Å². The van der Waals surface area contributed by atoms with Gasteiger partial charge in [0.05, 0.1) is 5.69 Å². The highest BCUT2D eigenvalue weighted by Crippen LogP contribution is 2.36. The van der Waals surface area contributed by atoms with Gasteiger partial charge in [0.15, 0.2) is 23.1 Å². The molecule has 0 aromatic heterocycles. The topological polar surface area (TPSA) is 89.0 Å². The van der Waals surface area contributed by atoms with Crippen molar-refractivity contribution in [1.29, 1.82) is 0 Å². The summed E-state index contributed by atoms with van der Waals surface area (Å²) in [5, 5.41) is 5.43. The molecule has 2 aliphatic heterocycles. The number of hydrogen-bond acceptors (Lipinski definition) is 5. The Hall–Kier alpha value is -4.27. The molecule has 0 fully saturated rings. The van der Waals surface area contributed by atoms with Crippen molar-refractivity contribution in [1.82, 2.24) is 5.32 Å². The second kappa shape index (κ2) is 9.17. The van der Waals surface area contributed by atoms with Gasteiger partial charge in [-0.3, -0.25) is 14.6 Å². The molecule has 0 aliphatic carbocycles. The summed E-state index contributed by atoms with van der Waals surface area (Å²) in [4.78, 5) is 29.7. The molecule has 2 N–H and O–H groups in total. The number of fused-ring (bicyclic) bond motifs is 2. The minimum Gasteiger partial charge on any atom is -0.454 e. The van der Waals surface area contributed by atoms with Crippen LogP contribution in [0.1, 0.15) is 18.1 Å². The van der Waals surface area contributed by atoms with E-state index in [9.17, 15) is 18.4 Å². The molecule has 2 heterocycles. The molecular formula is C26H21F2N3O4. The molecule has 2 amide bonds. The monoisotopic (exact) mass is 477 g/mol. The van der Waals surface area contributed by atoms with E-state index in [-0.39, 0.29) is 13.2 Å². The molecule has 35 heavy (non-hydrogen) atoms. The molecule has 0 spiro atoms. The van der Waals surface area contributed by atoms with Gasteiger partial charge in [-0.25, -0.2) is 8.78 Å². The molecule has 3 aromatic rings. The lowest BCUT2D eigenvalue weighted by Crippen LogP contribution is -2.44. The SMILES string of the molecule is C[C@@H](Cc1ccc(F)c(F)c1)C(=O)NC1N=Cc2ccc(-c3ccc4c(c3)OCO4)cc2NC1=O. The smallest absolute Gasteiger partial charge is 0.269 e. The first-order valence-corrected chi connectivity index (χ1v) is 11.0. The van der Waals surface area contributed by atoms with Crippen molar-refractivity contribution in [3.05, 3.63) is 77.4 Å². The minimum atomic E-state index is -1.13. The van der Waals surface area contributed by atoms with Gasteiger partial charge in [-0.15, -0.1) is 0 Å². The van der Waals surface area contributed by atoms with Crippen LogP contribution in [0.5, 0.6) is 11.5 Å². The normalized spacial score (nSPS) is 16.8. The number of carbonyl (C=O) groups is 2. The minimum absolute atomic E-state index is 0.181. The van der Waals surface area contributed by atoms with Crippen LogP contribution in [0.2, 0.25) is 0 Å². The highest BCUT2D eigenvalue weighted by molar-refractivity contribution is 6.05. The molecular weight excluding hydrogens is 456 g/mol. The Morgan fingerprint density at radius 3 is 2.66 bits per heavy atom. The average molecular weight is 477 g/mol. The molecule has 1 unspecified atom stereocenters. The zero-order valence-corrected chi connectivity index (χ0v) is 18.7. The van der Waals surface area contributed by atoms with Crippen LogP contribution in [0, 0.1) is 17.6 Å². The van der Waals surface area contributed by atoms with E-state index in [0.717, 1.165) is 23.3 Å². The first kappa shape index (κ1) is 22.5. The molecule has 5 rings (SSSR count). The number of anilines is 1. The van der Waals surface area contributed by atoms with Crippen molar-refractivity contribution < 1.29 is 27.8 Å². The predicted molar refractivity (Wildman–Crippen MR) is 125 cm³/mol. The Balaban J connectivity index is 1.27. The zero-order valence-electron chi connectivity index (χ0n) is 18.7. The lowest BCUT2D eigenvalue weighted by Gasteiger charge is -2.17. The van der Waals surface area contributed by atoms with Crippen LogP contribution < -0.4 is 20.1 Å². The van der Waals surface area contributed by atoms with E-state index in [4.69, 9.17) is 9.47 Å². The van der Waals surface area contributed by atoms with Crippen LogP contribution >= 0.6 is 0 Å². The lowest BCUT2D eigenvalue weighted by atomic mass is 10.00. The summed E-state index contributed by atoms with van der Waals surface area (Å²) in [5.74, 6) is -2.09. The van der Waals surface area contributed by atoms with E-state index in [1.807, 2.05) is 36.4 Å². The molecule has 0 saturated carbocycles. The number of nitrogens with one attached hydrogen (secondary N) is 2. The molecule has 178 valence electrons. The standard InChI is InChI=1S/C26H21F2N3O4/c1-14(8-15-2-6-19(27)20(28)9-15)25(32)31-24-26(33)30-21-10-16(3-4-18(21)12-29-24)17-5-7-22-23(11-17)35-13-34-22/h2-7,9-12,14,24H,8,13H2,1H3,(H,30,33)(H,31,32)/t14-,24?/m0/s1. The summed E-state index contributed by atoms with van der Waals surface area (Å²) in [7, 11) is 0. The fraction of sp³-hybridized carbons (Fsp3) is 0.192. The highest BCUT2D eigenvalue weighted by Gasteiger charge is 2.25. The molecule has 0 saturated heterocycles. The van der Waals surface area contributed by atoms with Crippen LogP contribution in [0.15, 0.2) is 59.6 Å². The van der Waals surface area contributed by atoms with Crippen LogP contribution in [0.4, 0.5) is 14.5 Å². The van der Waals surface area contributed by atoms with E-state index in [2.05, 4.69) is 15.6 Å². The summed E-state index contributed by atoms with van der Waals surface area (Å²) < 4.78 is 37.4. The third kappa shape index (κ3) is 4.70. The largest absolute Gasteiger partial charge is 0.454 e. The summed E-state index contributed by atoms with van der Waals surface area (Å²) in [6.07, 6.45) is 0.582. The predicted octanol–water partition coefficient (Wildman–Crippen LogP) is 4.05. The van der Waals surface area contributed by atoms with Crippen LogP contribution in [-0.4, -0.2) is 31.0 Å². The molecule has 9 heteroatoms. The average Bonchev–Trinajstić information content (AvgIpc) is 3.26. The Morgan fingerprint density at radius 2 is 1.83 bits per heavy atom. The number of ether oxygens (including phenoxy) is 2. The van der Waals surface area contributed by atoms with E-state index in [0.29, 0.717) is 28.3 Å². The second-order valence-corrected chi connectivity index (χ2v) is 8.40. The van der Waals surface area contributed by atoms with Crippen LogP contribution in [-0.2, 0) is 16.0 Å². The van der Waals surface area contributed by atoms with Crippen molar-refractivity contribution >= 4 is 23.7 Å². The van der Waals surface area contributed by atoms with Crippen molar-refractivity contribution in [2.75, 3.05) is 12.1 Å². The highest BCUT2D eigenvalue weighted by atomic mass is 19.2. The number of aliphatic imine (C=N–C) groups is 1. The molecule has 0 bridgehead atoms. The summed E-state index contributed by atoms with van der Waals surface area (Å²) in [6, 6.07) is 14.7. The van der Waals surface area contributed by atoms with Crippen molar-refractivity contribution in [2.45, 2.75) is 19.5 Å². The lowest BCUT2D eigenvalue weighted by molar-refractivity contribution is -0.128. The molecule has 7 nitrogen and oxygen atoms in total. The Morgan fingerprint density at radius 1 is 1.06 bits per heavy atom. The number of rotatable bonds is 5. The van der Waals surface area contributed by atoms with E-state index in [1.165, 1.54) is 12.3 Å². The van der Waals surface area contributed by atoms with Gasteiger partial charge in [-0.2, -0.15) is 0 Å². The third-order valence-corrected chi connectivity index (χ3v) is 5.88. The number of amides is 2. The van der Waals surface area contributed by atoms with Gasteiger partial charge in [-0.1, -0.05) is 31.2 Å². The molecule has 3 aromatic carbocycles. The maximum Gasteiger partial charge on any atom is 0.269 e. The van der Waals surface area contributed by atoms with Gasteiger partial charge in [0, 0.05) is 17.7 Å².